The average Bonchev–Trinajstić information content (AvgIpc) is 2.88. The van der Waals surface area contributed by atoms with E-state index in [0.29, 0.717) is 0 Å². The molecule has 1 aliphatic heterocycles. The van der Waals surface area contributed by atoms with Crippen molar-refractivity contribution < 1.29 is 9.47 Å². The van der Waals surface area contributed by atoms with Crippen LogP contribution in [0.1, 0.15) is 24.8 Å². The molecule has 0 unspecified atom stereocenters. The summed E-state index contributed by atoms with van der Waals surface area (Å²) in [6.45, 7) is 6.49. The molecular formula is C15H23NO2. The van der Waals surface area contributed by atoms with E-state index in [2.05, 4.69) is 11.8 Å². The molecule has 1 aliphatic rings. The van der Waals surface area contributed by atoms with Crippen LogP contribution in [0.3, 0.4) is 0 Å². The molecule has 100 valence electrons. The Bertz CT molecular complexity index is 373. The van der Waals surface area contributed by atoms with E-state index in [1.807, 2.05) is 18.2 Å². The van der Waals surface area contributed by atoms with E-state index in [4.69, 9.17) is 9.47 Å². The van der Waals surface area contributed by atoms with Crippen LogP contribution < -0.4 is 9.47 Å². The Morgan fingerprint density at radius 1 is 1.17 bits per heavy atom. The van der Waals surface area contributed by atoms with Gasteiger partial charge in [-0.1, -0.05) is 6.07 Å². The fraction of sp³-hybridized carbons (Fsp3) is 0.600. The number of benzene rings is 1. The van der Waals surface area contributed by atoms with Crippen molar-refractivity contribution in [3.8, 4) is 11.5 Å². The molecule has 18 heavy (non-hydrogen) atoms. The second kappa shape index (κ2) is 6.64. The van der Waals surface area contributed by atoms with Crippen LogP contribution in [0, 0.1) is 6.92 Å². The highest BCUT2D eigenvalue weighted by atomic mass is 16.5. The molecule has 0 spiro atoms. The molecule has 1 heterocycles. The molecule has 0 aromatic heterocycles. The first kappa shape index (κ1) is 13.2. The smallest absolute Gasteiger partial charge is 0.161 e. The predicted molar refractivity (Wildman–Crippen MR) is 73.5 cm³/mol. The molecule has 3 nitrogen and oxygen atoms in total. The second-order valence-electron chi connectivity index (χ2n) is 4.91. The van der Waals surface area contributed by atoms with E-state index in [1.165, 1.54) is 31.5 Å². The molecule has 1 aromatic carbocycles. The predicted octanol–water partition coefficient (Wildman–Crippen LogP) is 2.87. The van der Waals surface area contributed by atoms with E-state index in [1.54, 1.807) is 7.11 Å². The lowest BCUT2D eigenvalue weighted by atomic mass is 10.2. The first-order chi connectivity index (χ1) is 8.79. The zero-order valence-electron chi connectivity index (χ0n) is 11.4. The number of ether oxygens (including phenoxy) is 2. The minimum absolute atomic E-state index is 0.760. The Hall–Kier alpha value is -1.22. The Morgan fingerprint density at radius 3 is 2.67 bits per heavy atom. The molecule has 3 heteroatoms. The molecule has 0 N–H and O–H groups in total. The van der Waals surface area contributed by atoms with Crippen molar-refractivity contribution in [2.24, 2.45) is 0 Å². The van der Waals surface area contributed by atoms with Crippen LogP contribution in [-0.4, -0.2) is 38.3 Å². The van der Waals surface area contributed by atoms with Gasteiger partial charge in [-0.05, 0) is 57.0 Å². The van der Waals surface area contributed by atoms with Crippen molar-refractivity contribution in [3.63, 3.8) is 0 Å². The Labute approximate surface area is 110 Å². The monoisotopic (exact) mass is 249 g/mol. The summed E-state index contributed by atoms with van der Waals surface area (Å²) in [5, 5.41) is 0. The maximum absolute atomic E-state index is 5.82. The Balaban J connectivity index is 1.76. The molecule has 0 aliphatic carbocycles. The number of nitrogens with zero attached hydrogens (tertiary/aromatic N) is 1. The van der Waals surface area contributed by atoms with Crippen molar-refractivity contribution >= 4 is 0 Å². The lowest BCUT2D eigenvalue weighted by Gasteiger charge is -2.15. The highest BCUT2D eigenvalue weighted by Crippen LogP contribution is 2.27. The minimum Gasteiger partial charge on any atom is -0.493 e. The van der Waals surface area contributed by atoms with Gasteiger partial charge in [-0.15, -0.1) is 0 Å². The quantitative estimate of drug-likeness (QED) is 0.724. The molecule has 1 saturated heterocycles. The molecular weight excluding hydrogens is 226 g/mol. The number of hydrogen-bond acceptors (Lipinski definition) is 3. The van der Waals surface area contributed by atoms with Gasteiger partial charge in [0.05, 0.1) is 13.7 Å². The summed E-state index contributed by atoms with van der Waals surface area (Å²) in [7, 11) is 1.68. The van der Waals surface area contributed by atoms with Gasteiger partial charge < -0.3 is 14.4 Å². The summed E-state index contributed by atoms with van der Waals surface area (Å²) < 4.78 is 11.1. The van der Waals surface area contributed by atoms with E-state index in [9.17, 15) is 0 Å². The Kier molecular flexibility index (Phi) is 4.88. The average molecular weight is 249 g/mol. The number of hydrogen-bond donors (Lipinski definition) is 0. The highest BCUT2D eigenvalue weighted by molar-refractivity contribution is 5.42. The van der Waals surface area contributed by atoms with Crippen molar-refractivity contribution in [2.75, 3.05) is 33.4 Å². The molecule has 0 bridgehead atoms. The number of methoxy groups -OCH3 is 1. The normalized spacial score (nSPS) is 15.9. The minimum atomic E-state index is 0.760. The largest absolute Gasteiger partial charge is 0.493 e. The number of likely N-dealkylation sites (tertiary alicyclic amines) is 1. The molecule has 0 radical (unpaired) electrons. The SMILES string of the molecule is COc1ccc(C)cc1OCCCN1CCCC1. The summed E-state index contributed by atoms with van der Waals surface area (Å²) in [6, 6.07) is 6.04. The van der Waals surface area contributed by atoms with Gasteiger partial charge >= 0.3 is 0 Å². The van der Waals surface area contributed by atoms with Gasteiger partial charge in [0.2, 0.25) is 0 Å². The van der Waals surface area contributed by atoms with E-state index < -0.39 is 0 Å². The van der Waals surface area contributed by atoms with Gasteiger partial charge in [-0.2, -0.15) is 0 Å². The highest BCUT2D eigenvalue weighted by Gasteiger charge is 2.10. The first-order valence-electron chi connectivity index (χ1n) is 6.79. The summed E-state index contributed by atoms with van der Waals surface area (Å²) in [5.41, 5.74) is 1.20. The van der Waals surface area contributed by atoms with Crippen molar-refractivity contribution in [3.05, 3.63) is 23.8 Å². The summed E-state index contributed by atoms with van der Waals surface area (Å²) in [5.74, 6) is 1.68. The first-order valence-corrected chi connectivity index (χ1v) is 6.79. The molecule has 0 amide bonds. The maximum Gasteiger partial charge on any atom is 0.161 e. The zero-order valence-corrected chi connectivity index (χ0v) is 11.4. The van der Waals surface area contributed by atoms with Crippen molar-refractivity contribution in [1.29, 1.82) is 0 Å². The number of rotatable bonds is 6. The molecule has 2 rings (SSSR count). The fourth-order valence-corrected chi connectivity index (χ4v) is 2.37. The van der Waals surface area contributed by atoms with Crippen molar-refractivity contribution in [2.45, 2.75) is 26.2 Å². The van der Waals surface area contributed by atoms with Crippen molar-refractivity contribution in [1.82, 2.24) is 4.90 Å². The summed E-state index contributed by atoms with van der Waals surface area (Å²) in [4.78, 5) is 2.51. The van der Waals surface area contributed by atoms with Gasteiger partial charge in [-0.3, -0.25) is 0 Å². The molecule has 0 atom stereocenters. The van der Waals surface area contributed by atoms with Crippen LogP contribution in [0.5, 0.6) is 11.5 Å². The van der Waals surface area contributed by atoms with E-state index in [0.717, 1.165) is 31.1 Å². The third-order valence-electron chi connectivity index (χ3n) is 3.39. The second-order valence-corrected chi connectivity index (χ2v) is 4.91. The molecule has 1 aromatic rings. The van der Waals surface area contributed by atoms with Crippen LogP contribution in [0.25, 0.3) is 0 Å². The van der Waals surface area contributed by atoms with Gasteiger partial charge in [-0.25, -0.2) is 0 Å². The van der Waals surface area contributed by atoms with Gasteiger partial charge in [0.1, 0.15) is 0 Å². The summed E-state index contributed by atoms with van der Waals surface area (Å²) in [6.07, 6.45) is 3.79. The van der Waals surface area contributed by atoms with E-state index in [-0.39, 0.29) is 0 Å². The molecule has 0 saturated carbocycles. The van der Waals surface area contributed by atoms with Crippen LogP contribution in [0.2, 0.25) is 0 Å². The zero-order chi connectivity index (χ0) is 12.8. The van der Waals surface area contributed by atoms with E-state index >= 15 is 0 Å². The van der Waals surface area contributed by atoms with Gasteiger partial charge in [0, 0.05) is 6.54 Å². The van der Waals surface area contributed by atoms with Crippen LogP contribution in [-0.2, 0) is 0 Å². The third kappa shape index (κ3) is 3.64. The fourth-order valence-electron chi connectivity index (χ4n) is 2.37. The lowest BCUT2D eigenvalue weighted by molar-refractivity contribution is 0.254. The van der Waals surface area contributed by atoms with Gasteiger partial charge in [0.25, 0.3) is 0 Å². The molecule has 1 fully saturated rings. The van der Waals surface area contributed by atoms with Crippen LogP contribution in [0.15, 0.2) is 18.2 Å². The summed E-state index contributed by atoms with van der Waals surface area (Å²) >= 11 is 0. The van der Waals surface area contributed by atoms with Gasteiger partial charge in [0.15, 0.2) is 11.5 Å². The third-order valence-corrected chi connectivity index (χ3v) is 3.39. The number of aryl methyl sites for hydroxylation is 1. The standard InChI is InChI=1S/C15H23NO2/c1-13-6-7-14(17-2)15(12-13)18-11-5-10-16-8-3-4-9-16/h6-7,12H,3-5,8-11H2,1-2H3. The topological polar surface area (TPSA) is 21.7 Å². The van der Waals surface area contributed by atoms with Crippen LogP contribution >= 0.6 is 0 Å². The lowest BCUT2D eigenvalue weighted by Crippen LogP contribution is -2.21. The Morgan fingerprint density at radius 2 is 1.94 bits per heavy atom. The maximum atomic E-state index is 5.82. The van der Waals surface area contributed by atoms with Crippen LogP contribution in [0.4, 0.5) is 0 Å².